The molecule has 0 fully saturated rings. The van der Waals surface area contributed by atoms with Gasteiger partial charge in [-0.1, -0.05) is 38.6 Å². The second kappa shape index (κ2) is 12.2. The van der Waals surface area contributed by atoms with E-state index in [0.29, 0.717) is 35.8 Å². The monoisotopic (exact) mass is 606 g/mol. The second-order valence-corrected chi connectivity index (χ2v) is 9.58. The molecule has 5 aromatic rings. The van der Waals surface area contributed by atoms with Crippen LogP contribution >= 0.6 is 61.8 Å². The normalized spacial score (nSPS) is 10.3. The third-order valence-electron chi connectivity index (χ3n) is 3.63. The van der Waals surface area contributed by atoms with Crippen molar-refractivity contribution in [1.82, 2.24) is 34.8 Å². The van der Waals surface area contributed by atoms with Gasteiger partial charge < -0.3 is 5.73 Å². The summed E-state index contributed by atoms with van der Waals surface area (Å²) in [6.45, 7) is 0. The summed E-state index contributed by atoms with van der Waals surface area (Å²) in [7, 11) is 0. The van der Waals surface area contributed by atoms with Crippen LogP contribution in [0.3, 0.4) is 0 Å². The second-order valence-electron chi connectivity index (χ2n) is 5.89. The van der Waals surface area contributed by atoms with E-state index in [1.807, 2.05) is 0 Å². The fourth-order valence-corrected chi connectivity index (χ4v) is 4.08. The average molecular weight is 608 g/mol. The molecule has 9 nitrogen and oxygen atoms in total. The van der Waals surface area contributed by atoms with Crippen LogP contribution in [0.2, 0.25) is 8.93 Å². The third-order valence-corrected chi connectivity index (χ3v) is 6.00. The molecule has 0 atom stereocenters. The molecule has 0 aromatic carbocycles. The zero-order valence-electron chi connectivity index (χ0n) is 16.6. The molecule has 2 N–H and O–H groups in total. The van der Waals surface area contributed by atoms with Crippen molar-refractivity contribution >= 4 is 77.7 Å². The highest BCUT2D eigenvalue weighted by Crippen LogP contribution is 2.24. The maximum Gasteiger partial charge on any atom is 0.213 e. The molecular formula is C18H11BrCl2F2N8OS2. The highest BCUT2D eigenvalue weighted by atomic mass is 79.9. The zero-order valence-corrected chi connectivity index (χ0v) is 21.3. The summed E-state index contributed by atoms with van der Waals surface area (Å²) in [6, 6.07) is 5.61. The first-order valence-electron chi connectivity index (χ1n) is 8.84. The van der Waals surface area contributed by atoms with Crippen molar-refractivity contribution in [2.45, 2.75) is 0 Å². The van der Waals surface area contributed by atoms with E-state index in [-0.39, 0.29) is 11.1 Å². The SMILES string of the molecule is Fc1cc(-c2cn3nc(Cl)sc3n2)ccn1.Nc1nnc(Cl)s1.O=C(CBr)c1ccnc(F)c1. The number of aromatic nitrogens is 7. The molecule has 0 aliphatic rings. The molecular weight excluding hydrogens is 597 g/mol. The summed E-state index contributed by atoms with van der Waals surface area (Å²) < 4.78 is 27.7. The first-order chi connectivity index (χ1) is 16.2. The number of carbonyl (C=O) groups is 1. The lowest BCUT2D eigenvalue weighted by molar-refractivity contribution is 0.102. The Kier molecular flexibility index (Phi) is 9.29. The minimum atomic E-state index is -0.628. The number of ketones is 1. The third kappa shape index (κ3) is 7.43. The Hall–Kier alpha value is -2.65. The Morgan fingerprint density at radius 1 is 1.06 bits per heavy atom. The van der Waals surface area contributed by atoms with Crippen LogP contribution in [0, 0.1) is 11.9 Å². The van der Waals surface area contributed by atoms with Crippen LogP contribution < -0.4 is 5.73 Å². The number of hydrogen-bond donors (Lipinski definition) is 1. The lowest BCUT2D eigenvalue weighted by Crippen LogP contribution is -2.00. The van der Waals surface area contributed by atoms with Gasteiger partial charge in [-0.25, -0.2) is 19.5 Å². The predicted molar refractivity (Wildman–Crippen MR) is 131 cm³/mol. The first-order valence-corrected chi connectivity index (χ1v) is 12.3. The van der Waals surface area contributed by atoms with Gasteiger partial charge in [-0.15, -0.1) is 15.3 Å². The molecule has 0 saturated heterocycles. The fourth-order valence-electron chi connectivity index (χ4n) is 2.25. The Morgan fingerprint density at radius 2 is 1.76 bits per heavy atom. The van der Waals surface area contributed by atoms with E-state index in [1.165, 1.54) is 35.9 Å². The number of fused-ring (bicyclic) bond motifs is 1. The van der Waals surface area contributed by atoms with Crippen molar-refractivity contribution in [1.29, 1.82) is 0 Å². The number of halogens is 5. The maximum atomic E-state index is 12.9. The van der Waals surface area contributed by atoms with Crippen molar-refractivity contribution in [3.05, 3.63) is 69.2 Å². The molecule has 0 spiro atoms. The molecule has 0 bridgehead atoms. The number of hydrogen-bond acceptors (Lipinski definition) is 10. The minimum Gasteiger partial charge on any atom is -0.374 e. The average Bonchev–Trinajstić information content (AvgIpc) is 3.48. The molecule has 16 heteroatoms. The number of alkyl halides is 1. The molecule has 0 aliphatic heterocycles. The topological polar surface area (TPSA) is 125 Å². The summed E-state index contributed by atoms with van der Waals surface area (Å²) in [6.07, 6.45) is 4.37. The van der Waals surface area contributed by atoms with E-state index in [9.17, 15) is 13.6 Å². The van der Waals surface area contributed by atoms with E-state index < -0.39 is 11.9 Å². The van der Waals surface area contributed by atoms with Gasteiger partial charge in [-0.2, -0.15) is 8.78 Å². The van der Waals surface area contributed by atoms with Gasteiger partial charge in [-0.3, -0.25) is 4.79 Å². The Morgan fingerprint density at radius 3 is 2.29 bits per heavy atom. The Bertz CT molecular complexity index is 1370. The molecule has 0 radical (unpaired) electrons. The lowest BCUT2D eigenvalue weighted by Gasteiger charge is -1.94. The Balaban J connectivity index is 0.000000156. The number of imidazole rings is 1. The van der Waals surface area contributed by atoms with Crippen LogP contribution in [0.15, 0.2) is 42.9 Å². The van der Waals surface area contributed by atoms with E-state index >= 15 is 0 Å². The minimum absolute atomic E-state index is 0.147. The van der Waals surface area contributed by atoms with Crippen molar-refractivity contribution < 1.29 is 13.6 Å². The zero-order chi connectivity index (χ0) is 24.7. The van der Waals surface area contributed by atoms with Gasteiger partial charge in [0.05, 0.1) is 17.2 Å². The highest BCUT2D eigenvalue weighted by Gasteiger charge is 2.09. The molecule has 5 heterocycles. The van der Waals surface area contributed by atoms with Gasteiger partial charge in [-0.05, 0) is 35.3 Å². The van der Waals surface area contributed by atoms with Gasteiger partial charge in [0.25, 0.3) is 0 Å². The van der Waals surface area contributed by atoms with Crippen molar-refractivity contribution in [2.75, 3.05) is 11.1 Å². The summed E-state index contributed by atoms with van der Waals surface area (Å²) >= 11 is 16.5. The van der Waals surface area contributed by atoms with Gasteiger partial charge in [0, 0.05) is 35.7 Å². The van der Waals surface area contributed by atoms with Crippen LogP contribution in [0.5, 0.6) is 0 Å². The van der Waals surface area contributed by atoms with Gasteiger partial charge in [0.2, 0.25) is 30.9 Å². The molecule has 176 valence electrons. The van der Waals surface area contributed by atoms with E-state index in [0.717, 1.165) is 17.4 Å². The number of nitrogen functional groups attached to an aromatic ring is 1. The van der Waals surface area contributed by atoms with E-state index in [2.05, 4.69) is 46.2 Å². The standard InChI is InChI=1S/C9H4ClFN4S.C7H5BrFNO.C2H2ClN3S/c10-8-14-15-4-6(13-9(15)16-8)5-1-2-12-7(11)3-5;8-4-6(11)5-1-2-10-7(9)3-5;3-1-5-6-2(4)7-1/h1-4H;1-3H,4H2;(H2,4,6). The van der Waals surface area contributed by atoms with Crippen LogP contribution in [0.4, 0.5) is 13.9 Å². The molecule has 0 amide bonds. The number of carbonyl (C=O) groups excluding carboxylic acids is 1. The number of nitrogens with zero attached hydrogens (tertiary/aromatic N) is 7. The molecule has 0 unspecified atom stereocenters. The lowest BCUT2D eigenvalue weighted by atomic mass is 10.2. The van der Waals surface area contributed by atoms with Crippen LogP contribution in [0.1, 0.15) is 10.4 Å². The largest absolute Gasteiger partial charge is 0.374 e. The van der Waals surface area contributed by atoms with Crippen molar-refractivity contribution in [3.8, 4) is 11.3 Å². The summed E-state index contributed by atoms with van der Waals surface area (Å²) in [4.78, 5) is 22.7. The number of nitrogens with two attached hydrogens (primary N) is 1. The molecule has 0 aliphatic carbocycles. The predicted octanol–water partition coefficient (Wildman–Crippen LogP) is 5.22. The van der Waals surface area contributed by atoms with E-state index in [1.54, 1.807) is 16.8 Å². The van der Waals surface area contributed by atoms with Crippen molar-refractivity contribution in [2.24, 2.45) is 0 Å². The number of pyridine rings is 2. The van der Waals surface area contributed by atoms with Gasteiger partial charge >= 0.3 is 0 Å². The summed E-state index contributed by atoms with van der Waals surface area (Å²) in [5.74, 6) is -1.30. The van der Waals surface area contributed by atoms with Crippen LogP contribution in [-0.4, -0.2) is 45.9 Å². The molecule has 5 aromatic heterocycles. The highest BCUT2D eigenvalue weighted by molar-refractivity contribution is 9.09. The number of rotatable bonds is 3. The van der Waals surface area contributed by atoms with Crippen LogP contribution in [-0.2, 0) is 0 Å². The quantitative estimate of drug-likeness (QED) is 0.168. The number of Topliss-reactive ketones (excluding diaryl/α,β-unsaturated/α-hetero) is 1. The molecule has 0 saturated carbocycles. The first kappa shape index (κ1) is 26.0. The van der Waals surface area contributed by atoms with Gasteiger partial charge in [0.1, 0.15) is 0 Å². The van der Waals surface area contributed by atoms with Gasteiger partial charge in [0.15, 0.2) is 5.78 Å². The summed E-state index contributed by atoms with van der Waals surface area (Å²) in [5, 5.41) is 11.5. The number of anilines is 1. The smallest absolute Gasteiger partial charge is 0.213 e. The summed E-state index contributed by atoms with van der Waals surface area (Å²) in [5.41, 5.74) is 6.80. The van der Waals surface area contributed by atoms with Crippen LogP contribution in [0.25, 0.3) is 16.2 Å². The maximum absolute atomic E-state index is 12.9. The Labute approximate surface area is 216 Å². The molecule has 5 rings (SSSR count). The van der Waals surface area contributed by atoms with E-state index in [4.69, 9.17) is 28.9 Å². The molecule has 34 heavy (non-hydrogen) atoms. The fraction of sp³-hybridized carbons (Fsp3) is 0.0556. The van der Waals surface area contributed by atoms with Crippen molar-refractivity contribution in [3.63, 3.8) is 0 Å².